The number of hydrogen-bond donors (Lipinski definition) is 0. The highest BCUT2D eigenvalue weighted by Gasteiger charge is 2.28. The summed E-state index contributed by atoms with van der Waals surface area (Å²) in [5, 5.41) is 0. The molecule has 1 atom stereocenters. The Kier molecular flexibility index (Phi) is 3.10. The average Bonchev–Trinajstić information content (AvgIpc) is 2.64. The molecule has 0 N–H and O–H groups in total. The van der Waals surface area contributed by atoms with Crippen LogP contribution in [0.1, 0.15) is 30.7 Å². The fourth-order valence-electron chi connectivity index (χ4n) is 2.12. The molecule has 0 spiro atoms. The Hall–Kier alpha value is -0.830. The van der Waals surface area contributed by atoms with E-state index >= 15 is 0 Å². The van der Waals surface area contributed by atoms with Crippen LogP contribution in [-0.2, 0) is 4.79 Å². The number of ketones is 1. The Morgan fingerprint density at radius 3 is 2.87 bits per heavy atom. The molecule has 3 heteroatoms. The number of halogens is 1. The van der Waals surface area contributed by atoms with Crippen molar-refractivity contribution < 1.29 is 9.53 Å². The minimum Gasteiger partial charge on any atom is -0.496 e. The summed E-state index contributed by atoms with van der Waals surface area (Å²) in [6, 6.07) is 5.83. The molecule has 1 aromatic rings. The molecule has 1 aliphatic carbocycles. The van der Waals surface area contributed by atoms with Crippen molar-refractivity contribution in [3.8, 4) is 5.75 Å². The number of rotatable bonds is 2. The van der Waals surface area contributed by atoms with Crippen molar-refractivity contribution in [2.45, 2.75) is 25.2 Å². The van der Waals surface area contributed by atoms with Crippen LogP contribution < -0.4 is 4.74 Å². The zero-order chi connectivity index (χ0) is 10.8. The molecule has 0 aliphatic heterocycles. The summed E-state index contributed by atoms with van der Waals surface area (Å²) in [6.45, 7) is 0. The molecule has 1 aromatic carbocycles. The lowest BCUT2D eigenvalue weighted by atomic mass is 9.96. The first-order valence-corrected chi connectivity index (χ1v) is 5.88. The minimum atomic E-state index is 0.0393. The predicted octanol–water partition coefficient (Wildman–Crippen LogP) is 3.29. The topological polar surface area (TPSA) is 26.3 Å². The molecule has 0 heterocycles. The van der Waals surface area contributed by atoms with E-state index in [1.807, 2.05) is 18.2 Å². The summed E-state index contributed by atoms with van der Waals surface area (Å²) < 4.78 is 6.29. The van der Waals surface area contributed by atoms with E-state index in [-0.39, 0.29) is 5.92 Å². The van der Waals surface area contributed by atoms with Gasteiger partial charge in [-0.3, -0.25) is 4.79 Å². The van der Waals surface area contributed by atoms with Crippen molar-refractivity contribution in [2.24, 2.45) is 0 Å². The van der Waals surface area contributed by atoms with Crippen LogP contribution in [0.3, 0.4) is 0 Å². The molecule has 2 rings (SSSR count). The summed E-state index contributed by atoms with van der Waals surface area (Å²) in [5.74, 6) is 1.20. The fourth-order valence-corrected chi connectivity index (χ4v) is 2.50. The molecule has 1 unspecified atom stereocenters. The van der Waals surface area contributed by atoms with Crippen molar-refractivity contribution in [2.75, 3.05) is 7.11 Å². The molecule has 1 fully saturated rings. The Labute approximate surface area is 97.8 Å². The van der Waals surface area contributed by atoms with Gasteiger partial charge in [-0.05, 0) is 31.0 Å². The van der Waals surface area contributed by atoms with Gasteiger partial charge in [-0.15, -0.1) is 0 Å². The number of Topliss-reactive ketones (excluding diaryl/α,β-unsaturated/α-hetero) is 1. The van der Waals surface area contributed by atoms with Gasteiger partial charge < -0.3 is 4.74 Å². The lowest BCUT2D eigenvalue weighted by Crippen LogP contribution is -2.06. The maximum absolute atomic E-state index is 11.7. The monoisotopic (exact) mass is 268 g/mol. The summed E-state index contributed by atoms with van der Waals surface area (Å²) in [6.07, 6.45) is 2.66. The third kappa shape index (κ3) is 2.07. The second-order valence-electron chi connectivity index (χ2n) is 3.80. The quantitative estimate of drug-likeness (QED) is 0.823. The van der Waals surface area contributed by atoms with Crippen LogP contribution in [0.15, 0.2) is 22.7 Å². The van der Waals surface area contributed by atoms with E-state index in [0.29, 0.717) is 12.2 Å². The standard InChI is InChI=1S/C12H13BrO2/c1-15-12-6-5-8(13)7-10(12)9-3-2-4-11(9)14/h5-7,9H,2-4H2,1H3. The number of benzene rings is 1. The first-order chi connectivity index (χ1) is 7.22. The van der Waals surface area contributed by atoms with Gasteiger partial charge in [0.25, 0.3) is 0 Å². The number of carbonyl (C=O) groups is 1. The van der Waals surface area contributed by atoms with Gasteiger partial charge in [0, 0.05) is 22.4 Å². The Bertz CT molecular complexity index is 387. The normalized spacial score (nSPS) is 20.7. The molecule has 15 heavy (non-hydrogen) atoms. The summed E-state index contributed by atoms with van der Waals surface area (Å²) in [4.78, 5) is 11.7. The molecule has 0 radical (unpaired) electrons. The van der Waals surface area contributed by atoms with Gasteiger partial charge >= 0.3 is 0 Å². The van der Waals surface area contributed by atoms with E-state index in [1.54, 1.807) is 7.11 Å². The number of methoxy groups -OCH3 is 1. The van der Waals surface area contributed by atoms with E-state index in [4.69, 9.17) is 4.74 Å². The molecule has 2 nitrogen and oxygen atoms in total. The minimum absolute atomic E-state index is 0.0393. The fraction of sp³-hybridized carbons (Fsp3) is 0.417. The van der Waals surface area contributed by atoms with Gasteiger partial charge in [0.2, 0.25) is 0 Å². The largest absolute Gasteiger partial charge is 0.496 e. The van der Waals surface area contributed by atoms with Gasteiger partial charge in [-0.1, -0.05) is 15.9 Å². The van der Waals surface area contributed by atoms with E-state index in [9.17, 15) is 4.79 Å². The second-order valence-corrected chi connectivity index (χ2v) is 4.71. The van der Waals surface area contributed by atoms with Gasteiger partial charge in [-0.25, -0.2) is 0 Å². The van der Waals surface area contributed by atoms with Crippen LogP contribution in [0.4, 0.5) is 0 Å². The van der Waals surface area contributed by atoms with Gasteiger partial charge in [0.1, 0.15) is 11.5 Å². The highest BCUT2D eigenvalue weighted by molar-refractivity contribution is 9.10. The van der Waals surface area contributed by atoms with Crippen molar-refractivity contribution in [1.29, 1.82) is 0 Å². The molecular formula is C12H13BrO2. The molecule has 0 amide bonds. The van der Waals surface area contributed by atoms with E-state index in [0.717, 1.165) is 28.6 Å². The molecule has 0 aromatic heterocycles. The number of carbonyl (C=O) groups excluding carboxylic acids is 1. The molecule has 0 bridgehead atoms. The maximum Gasteiger partial charge on any atom is 0.140 e. The molecule has 1 aliphatic rings. The second kappa shape index (κ2) is 4.35. The Morgan fingerprint density at radius 1 is 1.47 bits per heavy atom. The van der Waals surface area contributed by atoms with Crippen molar-refractivity contribution in [3.63, 3.8) is 0 Å². The predicted molar refractivity (Wildman–Crippen MR) is 62.3 cm³/mol. The van der Waals surface area contributed by atoms with E-state index < -0.39 is 0 Å². The van der Waals surface area contributed by atoms with Gasteiger partial charge in [0.15, 0.2) is 0 Å². The lowest BCUT2D eigenvalue weighted by Gasteiger charge is -2.13. The Morgan fingerprint density at radius 2 is 2.27 bits per heavy atom. The SMILES string of the molecule is COc1ccc(Br)cc1C1CCCC1=O. The van der Waals surface area contributed by atoms with Crippen LogP contribution in [0.2, 0.25) is 0 Å². The average molecular weight is 269 g/mol. The van der Waals surface area contributed by atoms with E-state index in [1.165, 1.54) is 0 Å². The molecular weight excluding hydrogens is 256 g/mol. The van der Waals surface area contributed by atoms with Crippen molar-refractivity contribution in [1.82, 2.24) is 0 Å². The molecule has 80 valence electrons. The lowest BCUT2D eigenvalue weighted by molar-refractivity contribution is -0.118. The first-order valence-electron chi connectivity index (χ1n) is 5.08. The Balaban J connectivity index is 2.40. The van der Waals surface area contributed by atoms with Crippen LogP contribution in [0, 0.1) is 0 Å². The zero-order valence-electron chi connectivity index (χ0n) is 8.63. The third-order valence-corrected chi connectivity index (χ3v) is 3.37. The number of ether oxygens (including phenoxy) is 1. The highest BCUT2D eigenvalue weighted by Crippen LogP contribution is 2.37. The van der Waals surface area contributed by atoms with Crippen LogP contribution in [0.5, 0.6) is 5.75 Å². The summed E-state index contributed by atoms with van der Waals surface area (Å²) >= 11 is 3.43. The smallest absolute Gasteiger partial charge is 0.140 e. The van der Waals surface area contributed by atoms with Crippen LogP contribution >= 0.6 is 15.9 Å². The van der Waals surface area contributed by atoms with Crippen molar-refractivity contribution >= 4 is 21.7 Å². The number of hydrogen-bond acceptors (Lipinski definition) is 2. The van der Waals surface area contributed by atoms with E-state index in [2.05, 4.69) is 15.9 Å². The highest BCUT2D eigenvalue weighted by atomic mass is 79.9. The maximum atomic E-state index is 11.7. The molecule has 0 saturated heterocycles. The van der Waals surface area contributed by atoms with Crippen LogP contribution in [-0.4, -0.2) is 12.9 Å². The van der Waals surface area contributed by atoms with Crippen LogP contribution in [0.25, 0.3) is 0 Å². The zero-order valence-corrected chi connectivity index (χ0v) is 10.2. The van der Waals surface area contributed by atoms with Gasteiger partial charge in [-0.2, -0.15) is 0 Å². The molecule has 1 saturated carbocycles. The third-order valence-electron chi connectivity index (χ3n) is 2.87. The van der Waals surface area contributed by atoms with Gasteiger partial charge in [0.05, 0.1) is 7.11 Å². The van der Waals surface area contributed by atoms with Crippen molar-refractivity contribution in [3.05, 3.63) is 28.2 Å². The summed E-state index contributed by atoms with van der Waals surface area (Å²) in [7, 11) is 1.65. The first kappa shape index (κ1) is 10.7. The summed E-state index contributed by atoms with van der Waals surface area (Å²) in [5.41, 5.74) is 1.02.